The van der Waals surface area contributed by atoms with Gasteiger partial charge in [0.2, 0.25) is 11.7 Å². The third-order valence-corrected chi connectivity index (χ3v) is 5.51. The molecule has 0 spiro atoms. The van der Waals surface area contributed by atoms with Gasteiger partial charge in [-0.3, -0.25) is 4.57 Å². The number of hydrogen-bond acceptors (Lipinski definition) is 6. The van der Waals surface area contributed by atoms with Gasteiger partial charge in [0.05, 0.1) is 32.7 Å². The van der Waals surface area contributed by atoms with E-state index in [1.807, 2.05) is 65.2 Å². The quantitative estimate of drug-likeness (QED) is 0.372. The molecule has 0 atom stereocenters. The van der Waals surface area contributed by atoms with Crippen LogP contribution in [0.3, 0.4) is 0 Å². The van der Waals surface area contributed by atoms with Gasteiger partial charge in [0, 0.05) is 16.7 Å². The van der Waals surface area contributed by atoms with Crippen LogP contribution in [0.2, 0.25) is 0 Å². The molecule has 0 bridgehead atoms. The topological polar surface area (TPSA) is 87.1 Å². The van der Waals surface area contributed by atoms with E-state index >= 15 is 0 Å². The first kappa shape index (κ1) is 21.3. The lowest BCUT2D eigenvalue weighted by molar-refractivity contribution is 0.324. The van der Waals surface area contributed by atoms with Gasteiger partial charge >= 0.3 is 0 Å². The van der Waals surface area contributed by atoms with Crippen LogP contribution in [0.15, 0.2) is 79.1 Å². The summed E-state index contributed by atoms with van der Waals surface area (Å²) >= 11 is 0. The smallest absolute Gasteiger partial charge is 0.231 e. The molecule has 0 fully saturated rings. The fraction of sp³-hybridized carbons (Fsp3) is 0.115. The standard InChI is InChI=1S/C26H23N5O3/c1-32-20-14-19(15-21(33-2)24(20)34-3)25-29-22(17-10-6-4-7-11-17)23(18-12-8-5-9-13-18)31(25)26-27-16-28-30-26/h4-16H,1-3H3,(H,27,28,30). The van der Waals surface area contributed by atoms with E-state index in [0.717, 1.165) is 28.1 Å². The van der Waals surface area contributed by atoms with Crippen molar-refractivity contribution in [2.24, 2.45) is 0 Å². The molecule has 0 radical (unpaired) electrons. The molecule has 0 aliphatic heterocycles. The van der Waals surface area contributed by atoms with Crippen molar-refractivity contribution >= 4 is 0 Å². The van der Waals surface area contributed by atoms with Gasteiger partial charge in [-0.25, -0.2) is 10.1 Å². The van der Waals surface area contributed by atoms with E-state index in [1.165, 1.54) is 6.33 Å². The molecule has 0 amide bonds. The zero-order chi connectivity index (χ0) is 23.5. The van der Waals surface area contributed by atoms with Crippen molar-refractivity contribution in [2.45, 2.75) is 0 Å². The van der Waals surface area contributed by atoms with Crippen LogP contribution < -0.4 is 14.2 Å². The molecule has 34 heavy (non-hydrogen) atoms. The average molecular weight is 454 g/mol. The Kier molecular flexibility index (Phi) is 5.70. The van der Waals surface area contributed by atoms with E-state index in [4.69, 9.17) is 19.2 Å². The molecule has 0 aliphatic carbocycles. The molecule has 170 valence electrons. The van der Waals surface area contributed by atoms with Crippen LogP contribution >= 0.6 is 0 Å². The van der Waals surface area contributed by atoms with Gasteiger partial charge in [-0.2, -0.15) is 10.1 Å². The number of H-pyrrole nitrogens is 1. The molecule has 1 N–H and O–H groups in total. The molecule has 2 aromatic heterocycles. The second-order valence-corrected chi connectivity index (χ2v) is 7.42. The summed E-state index contributed by atoms with van der Waals surface area (Å²) in [7, 11) is 4.76. The summed E-state index contributed by atoms with van der Waals surface area (Å²) < 4.78 is 18.7. The van der Waals surface area contributed by atoms with Gasteiger partial charge in [-0.05, 0) is 12.1 Å². The van der Waals surface area contributed by atoms with Gasteiger partial charge in [-0.15, -0.1) is 0 Å². The van der Waals surface area contributed by atoms with Gasteiger partial charge in [-0.1, -0.05) is 60.7 Å². The van der Waals surface area contributed by atoms with E-state index in [1.54, 1.807) is 21.3 Å². The third kappa shape index (κ3) is 3.65. The summed E-state index contributed by atoms with van der Waals surface area (Å²) in [5, 5.41) is 7.08. The monoisotopic (exact) mass is 453 g/mol. The molecule has 2 heterocycles. The molecule has 8 nitrogen and oxygen atoms in total. The minimum atomic E-state index is 0.512. The van der Waals surface area contributed by atoms with E-state index < -0.39 is 0 Å². The van der Waals surface area contributed by atoms with Crippen LogP contribution in [0.4, 0.5) is 0 Å². The Morgan fingerprint density at radius 1 is 0.735 bits per heavy atom. The number of hydrogen-bond donors (Lipinski definition) is 1. The van der Waals surface area contributed by atoms with E-state index in [9.17, 15) is 0 Å². The number of rotatable bonds is 7. The van der Waals surface area contributed by atoms with Crippen LogP contribution in [-0.4, -0.2) is 46.1 Å². The first-order valence-corrected chi connectivity index (χ1v) is 10.6. The third-order valence-electron chi connectivity index (χ3n) is 5.51. The summed E-state index contributed by atoms with van der Waals surface area (Å²) in [6.45, 7) is 0. The zero-order valence-electron chi connectivity index (χ0n) is 19.0. The number of aromatic nitrogens is 5. The highest BCUT2D eigenvalue weighted by Gasteiger charge is 2.25. The number of aromatic amines is 1. The highest BCUT2D eigenvalue weighted by atomic mass is 16.5. The maximum atomic E-state index is 5.60. The number of nitrogens with zero attached hydrogens (tertiary/aromatic N) is 4. The Morgan fingerprint density at radius 3 is 1.88 bits per heavy atom. The minimum absolute atomic E-state index is 0.512. The predicted octanol–water partition coefficient (Wildman–Crippen LogP) is 5.02. The van der Waals surface area contributed by atoms with Crippen molar-refractivity contribution in [1.29, 1.82) is 0 Å². The Balaban J connectivity index is 1.87. The first-order chi connectivity index (χ1) is 16.7. The minimum Gasteiger partial charge on any atom is -0.493 e. The molecule has 0 saturated heterocycles. The summed E-state index contributed by atoms with van der Waals surface area (Å²) in [4.78, 5) is 9.57. The largest absolute Gasteiger partial charge is 0.493 e. The van der Waals surface area contributed by atoms with Crippen LogP contribution in [-0.2, 0) is 0 Å². The second-order valence-electron chi connectivity index (χ2n) is 7.42. The molecule has 5 aromatic rings. The van der Waals surface area contributed by atoms with Crippen LogP contribution in [0.25, 0.3) is 39.9 Å². The van der Waals surface area contributed by atoms with Gasteiger partial charge < -0.3 is 14.2 Å². The number of nitrogens with one attached hydrogen (secondary N) is 1. The number of methoxy groups -OCH3 is 3. The highest BCUT2D eigenvalue weighted by molar-refractivity contribution is 5.84. The van der Waals surface area contributed by atoms with Crippen molar-refractivity contribution in [1.82, 2.24) is 24.7 Å². The van der Waals surface area contributed by atoms with Crippen LogP contribution in [0, 0.1) is 0 Å². The lowest BCUT2D eigenvalue weighted by atomic mass is 10.0. The van der Waals surface area contributed by atoms with Crippen molar-refractivity contribution in [3.63, 3.8) is 0 Å². The van der Waals surface area contributed by atoms with E-state index in [0.29, 0.717) is 29.0 Å². The fourth-order valence-corrected chi connectivity index (χ4v) is 4.00. The second kappa shape index (κ2) is 9.11. The molecule has 0 aliphatic rings. The summed E-state index contributed by atoms with van der Waals surface area (Å²) in [5.41, 5.74) is 4.43. The molecule has 5 rings (SSSR count). The summed E-state index contributed by atoms with van der Waals surface area (Å²) in [6, 6.07) is 23.9. The predicted molar refractivity (Wildman–Crippen MR) is 129 cm³/mol. The Labute approximate surface area is 196 Å². The van der Waals surface area contributed by atoms with Gasteiger partial charge in [0.25, 0.3) is 0 Å². The molecule has 0 unspecified atom stereocenters. The Morgan fingerprint density at radius 2 is 1.35 bits per heavy atom. The molecular formula is C26H23N5O3. The van der Waals surface area contributed by atoms with Crippen molar-refractivity contribution in [3.8, 4) is 57.1 Å². The number of benzene rings is 3. The van der Waals surface area contributed by atoms with E-state index in [-0.39, 0.29) is 0 Å². The van der Waals surface area contributed by atoms with Crippen molar-refractivity contribution < 1.29 is 14.2 Å². The normalized spacial score (nSPS) is 10.8. The highest BCUT2D eigenvalue weighted by Crippen LogP contribution is 2.43. The Hall–Kier alpha value is -4.59. The maximum Gasteiger partial charge on any atom is 0.231 e. The SMILES string of the molecule is COc1cc(-c2nc(-c3ccccc3)c(-c3ccccc3)n2-c2ncn[nH]2)cc(OC)c1OC. The van der Waals surface area contributed by atoms with Crippen molar-refractivity contribution in [2.75, 3.05) is 21.3 Å². The van der Waals surface area contributed by atoms with Crippen LogP contribution in [0.5, 0.6) is 17.2 Å². The Bertz CT molecular complexity index is 1370. The lowest BCUT2D eigenvalue weighted by Gasteiger charge is -2.15. The summed E-state index contributed by atoms with van der Waals surface area (Å²) in [6.07, 6.45) is 1.48. The zero-order valence-corrected chi connectivity index (χ0v) is 19.0. The van der Waals surface area contributed by atoms with E-state index in [2.05, 4.69) is 27.3 Å². The molecule has 8 heteroatoms. The molecule has 3 aromatic carbocycles. The number of ether oxygens (including phenoxy) is 3. The number of imidazole rings is 1. The lowest BCUT2D eigenvalue weighted by Crippen LogP contribution is -2.03. The maximum absolute atomic E-state index is 5.60. The molecular weight excluding hydrogens is 430 g/mol. The van der Waals surface area contributed by atoms with Crippen LogP contribution in [0.1, 0.15) is 0 Å². The summed E-state index contributed by atoms with van der Waals surface area (Å²) in [5.74, 6) is 2.77. The first-order valence-electron chi connectivity index (χ1n) is 10.6. The fourth-order valence-electron chi connectivity index (χ4n) is 4.00. The van der Waals surface area contributed by atoms with Gasteiger partial charge in [0.1, 0.15) is 12.2 Å². The van der Waals surface area contributed by atoms with Gasteiger partial charge in [0.15, 0.2) is 11.5 Å². The average Bonchev–Trinajstić information content (AvgIpc) is 3.57. The van der Waals surface area contributed by atoms with Crippen molar-refractivity contribution in [3.05, 3.63) is 79.1 Å². The molecule has 0 saturated carbocycles.